The number of hydrogen-bond acceptors (Lipinski definition) is 5. The maximum absolute atomic E-state index is 6.17. The Labute approximate surface area is 82.4 Å². The maximum Gasteiger partial charge on any atom is 0.224 e. The molecule has 1 aromatic rings. The van der Waals surface area contributed by atoms with Gasteiger partial charge in [0.1, 0.15) is 5.54 Å². The largest absolute Gasteiger partial charge is 0.379 e. The molecule has 1 unspecified atom stereocenters. The van der Waals surface area contributed by atoms with Gasteiger partial charge in [0.05, 0.1) is 6.61 Å². The first-order chi connectivity index (χ1) is 6.67. The van der Waals surface area contributed by atoms with Crippen LogP contribution in [0.2, 0.25) is 0 Å². The van der Waals surface area contributed by atoms with Crippen LogP contribution in [-0.2, 0) is 17.3 Å². The van der Waals surface area contributed by atoms with Crippen LogP contribution in [0.1, 0.15) is 12.2 Å². The van der Waals surface area contributed by atoms with Crippen molar-refractivity contribution in [3.8, 4) is 0 Å². The van der Waals surface area contributed by atoms with Crippen molar-refractivity contribution >= 4 is 5.95 Å². The van der Waals surface area contributed by atoms with Crippen LogP contribution in [0.25, 0.3) is 0 Å². The summed E-state index contributed by atoms with van der Waals surface area (Å²) >= 11 is 0. The standard InChI is InChI=1S/C8H15N5O/c1-10-7-12-11-6(13(7)2)8(9)3-4-14-5-8/h3-5,9H2,1-2H3,(H,10,12). The zero-order valence-corrected chi connectivity index (χ0v) is 8.45. The molecule has 2 heterocycles. The molecule has 1 saturated heterocycles. The van der Waals surface area contributed by atoms with E-state index in [1.807, 2.05) is 18.7 Å². The third-order valence-electron chi connectivity index (χ3n) is 2.60. The smallest absolute Gasteiger partial charge is 0.224 e. The van der Waals surface area contributed by atoms with E-state index in [1.54, 1.807) is 0 Å². The van der Waals surface area contributed by atoms with E-state index in [-0.39, 0.29) is 0 Å². The van der Waals surface area contributed by atoms with E-state index in [0.29, 0.717) is 13.2 Å². The van der Waals surface area contributed by atoms with E-state index in [4.69, 9.17) is 10.5 Å². The monoisotopic (exact) mass is 197 g/mol. The molecule has 6 heteroatoms. The fourth-order valence-corrected chi connectivity index (χ4v) is 1.74. The van der Waals surface area contributed by atoms with Gasteiger partial charge >= 0.3 is 0 Å². The van der Waals surface area contributed by atoms with Crippen LogP contribution in [0, 0.1) is 0 Å². The lowest BCUT2D eigenvalue weighted by Gasteiger charge is -2.20. The third-order valence-corrected chi connectivity index (χ3v) is 2.60. The molecule has 3 N–H and O–H groups in total. The van der Waals surface area contributed by atoms with Gasteiger partial charge in [-0.2, -0.15) is 0 Å². The highest BCUT2D eigenvalue weighted by Crippen LogP contribution is 2.26. The van der Waals surface area contributed by atoms with Crippen LogP contribution < -0.4 is 11.1 Å². The summed E-state index contributed by atoms with van der Waals surface area (Å²) in [6.07, 6.45) is 0.794. The summed E-state index contributed by atoms with van der Waals surface area (Å²) < 4.78 is 7.16. The highest BCUT2D eigenvalue weighted by atomic mass is 16.5. The summed E-state index contributed by atoms with van der Waals surface area (Å²) in [6, 6.07) is 0. The van der Waals surface area contributed by atoms with E-state index in [9.17, 15) is 0 Å². The first-order valence-corrected chi connectivity index (χ1v) is 4.61. The third kappa shape index (κ3) is 1.27. The first kappa shape index (κ1) is 9.42. The summed E-state index contributed by atoms with van der Waals surface area (Å²) in [7, 11) is 3.70. The van der Waals surface area contributed by atoms with Gasteiger partial charge in [-0.15, -0.1) is 10.2 Å². The minimum Gasteiger partial charge on any atom is -0.379 e. The van der Waals surface area contributed by atoms with Crippen LogP contribution in [0.3, 0.4) is 0 Å². The number of nitrogens with two attached hydrogens (primary N) is 1. The van der Waals surface area contributed by atoms with Crippen molar-refractivity contribution in [3.63, 3.8) is 0 Å². The molecule has 14 heavy (non-hydrogen) atoms. The second kappa shape index (κ2) is 3.21. The summed E-state index contributed by atoms with van der Waals surface area (Å²) in [5.41, 5.74) is 5.70. The van der Waals surface area contributed by atoms with E-state index >= 15 is 0 Å². The molecule has 0 bridgehead atoms. The van der Waals surface area contributed by atoms with Gasteiger partial charge in [0.2, 0.25) is 5.95 Å². The Balaban J connectivity index is 2.35. The lowest BCUT2D eigenvalue weighted by molar-refractivity contribution is 0.175. The number of ether oxygens (including phenoxy) is 1. The molecule has 1 aromatic heterocycles. The molecule has 1 aliphatic rings. The molecule has 1 atom stereocenters. The van der Waals surface area contributed by atoms with Gasteiger partial charge in [-0.25, -0.2) is 0 Å². The predicted molar refractivity (Wildman–Crippen MR) is 51.9 cm³/mol. The molecule has 0 amide bonds. The van der Waals surface area contributed by atoms with Crippen molar-refractivity contribution in [3.05, 3.63) is 5.82 Å². The van der Waals surface area contributed by atoms with Gasteiger partial charge in [-0.3, -0.25) is 4.57 Å². The summed E-state index contributed by atoms with van der Waals surface area (Å²) in [6.45, 7) is 1.21. The van der Waals surface area contributed by atoms with Crippen LogP contribution >= 0.6 is 0 Å². The Morgan fingerprint density at radius 2 is 2.36 bits per heavy atom. The second-order valence-electron chi connectivity index (χ2n) is 3.61. The number of hydrogen-bond donors (Lipinski definition) is 2. The van der Waals surface area contributed by atoms with Gasteiger partial charge < -0.3 is 15.8 Å². The minimum absolute atomic E-state index is 0.475. The number of nitrogens with zero attached hydrogens (tertiary/aromatic N) is 3. The molecule has 0 radical (unpaired) electrons. The molecule has 0 aliphatic carbocycles. The first-order valence-electron chi connectivity index (χ1n) is 4.61. The van der Waals surface area contributed by atoms with Crippen LogP contribution in [0.4, 0.5) is 5.95 Å². The van der Waals surface area contributed by atoms with Gasteiger partial charge in [0.15, 0.2) is 5.82 Å². The predicted octanol–water partition coefficient (Wildman–Crippen LogP) is -0.569. The quantitative estimate of drug-likeness (QED) is 0.664. The van der Waals surface area contributed by atoms with E-state index < -0.39 is 5.54 Å². The zero-order valence-electron chi connectivity index (χ0n) is 8.45. The molecule has 78 valence electrons. The molecule has 0 aromatic carbocycles. The van der Waals surface area contributed by atoms with Crippen molar-refractivity contribution in [2.24, 2.45) is 12.8 Å². The Morgan fingerprint density at radius 3 is 2.86 bits per heavy atom. The highest BCUT2D eigenvalue weighted by molar-refractivity contribution is 5.26. The maximum atomic E-state index is 6.17. The Bertz CT molecular complexity index is 328. The number of nitrogens with one attached hydrogen (secondary N) is 1. The van der Waals surface area contributed by atoms with Gasteiger partial charge in [0, 0.05) is 20.7 Å². The topological polar surface area (TPSA) is 78.0 Å². The summed E-state index contributed by atoms with van der Waals surface area (Å²) in [5.74, 6) is 1.50. The average Bonchev–Trinajstić information content (AvgIpc) is 2.73. The van der Waals surface area contributed by atoms with Crippen LogP contribution in [0.15, 0.2) is 0 Å². The van der Waals surface area contributed by atoms with Gasteiger partial charge in [-0.05, 0) is 6.42 Å². The fourth-order valence-electron chi connectivity index (χ4n) is 1.74. The molecular formula is C8H15N5O. The molecule has 1 aliphatic heterocycles. The van der Waals surface area contributed by atoms with E-state index in [1.165, 1.54) is 0 Å². The molecule has 0 saturated carbocycles. The summed E-state index contributed by atoms with van der Waals surface area (Å²) in [5, 5.41) is 11.0. The van der Waals surface area contributed by atoms with Gasteiger partial charge in [-0.1, -0.05) is 0 Å². The highest BCUT2D eigenvalue weighted by Gasteiger charge is 2.37. The Hall–Kier alpha value is -1.14. The molecule has 6 nitrogen and oxygen atoms in total. The van der Waals surface area contributed by atoms with Crippen molar-refractivity contribution in [1.29, 1.82) is 0 Å². The Morgan fingerprint density at radius 1 is 1.57 bits per heavy atom. The minimum atomic E-state index is -0.475. The van der Waals surface area contributed by atoms with Crippen molar-refractivity contribution in [1.82, 2.24) is 14.8 Å². The number of aromatic nitrogens is 3. The van der Waals surface area contributed by atoms with E-state index in [2.05, 4.69) is 15.5 Å². The SMILES string of the molecule is CNc1nnc(C2(N)CCOC2)n1C. The van der Waals surface area contributed by atoms with E-state index in [0.717, 1.165) is 18.2 Å². The molecule has 2 rings (SSSR count). The van der Waals surface area contributed by atoms with Crippen LogP contribution in [0.5, 0.6) is 0 Å². The Kier molecular flexibility index (Phi) is 2.16. The second-order valence-corrected chi connectivity index (χ2v) is 3.61. The molecule has 0 spiro atoms. The molecular weight excluding hydrogens is 182 g/mol. The van der Waals surface area contributed by atoms with Crippen LogP contribution in [-0.4, -0.2) is 35.0 Å². The number of anilines is 1. The number of rotatable bonds is 2. The van der Waals surface area contributed by atoms with Crippen molar-refractivity contribution < 1.29 is 4.74 Å². The van der Waals surface area contributed by atoms with Crippen molar-refractivity contribution in [2.45, 2.75) is 12.0 Å². The average molecular weight is 197 g/mol. The summed E-state index contributed by atoms with van der Waals surface area (Å²) in [4.78, 5) is 0. The van der Waals surface area contributed by atoms with Gasteiger partial charge in [0.25, 0.3) is 0 Å². The fraction of sp³-hybridized carbons (Fsp3) is 0.750. The zero-order chi connectivity index (χ0) is 10.2. The normalized spacial score (nSPS) is 26.8. The van der Waals surface area contributed by atoms with Crippen molar-refractivity contribution in [2.75, 3.05) is 25.6 Å². The lowest BCUT2D eigenvalue weighted by atomic mass is 9.99. The molecule has 1 fully saturated rings. The lowest BCUT2D eigenvalue weighted by Crippen LogP contribution is -2.39.